The molecule has 36 heavy (non-hydrogen) atoms. The minimum absolute atomic E-state index is 0.0734. The van der Waals surface area contributed by atoms with Crippen molar-refractivity contribution in [1.82, 2.24) is 20.2 Å². The number of nitrogen functional groups attached to an aromatic ring is 1. The fourth-order valence-corrected chi connectivity index (χ4v) is 5.96. The van der Waals surface area contributed by atoms with Crippen LogP contribution in [0.1, 0.15) is 19.5 Å². The molecule has 15 heteroatoms. The molecule has 2 atom stereocenters. The van der Waals surface area contributed by atoms with Gasteiger partial charge in [-0.25, -0.2) is 14.8 Å². The van der Waals surface area contributed by atoms with Gasteiger partial charge >= 0.3 is 5.97 Å². The Labute approximate surface area is 214 Å². The maximum Gasteiger partial charge on any atom is 0.352 e. The molecule has 0 saturated carbocycles. The molecule has 5 N–H and O–H groups in total. The van der Waals surface area contributed by atoms with Crippen LogP contribution in [0.25, 0.3) is 0 Å². The van der Waals surface area contributed by atoms with Crippen LogP contribution in [0.5, 0.6) is 0 Å². The summed E-state index contributed by atoms with van der Waals surface area (Å²) in [5.41, 5.74) is 5.74. The fraction of sp³-hybridized carbons (Fsp3) is 0.381. The van der Waals surface area contributed by atoms with Gasteiger partial charge < -0.3 is 26.3 Å². The number of β-lactam (4-membered cyclic amide) rings is 1. The van der Waals surface area contributed by atoms with E-state index in [0.29, 0.717) is 11.3 Å². The number of nitrogens with two attached hydrogens (primary N) is 1. The monoisotopic (exact) mass is 533 g/mol. The Morgan fingerprint density at radius 3 is 2.75 bits per heavy atom. The molecule has 1 fully saturated rings. The van der Waals surface area contributed by atoms with Crippen molar-refractivity contribution >= 4 is 57.5 Å². The van der Waals surface area contributed by atoms with Gasteiger partial charge in [0.15, 0.2) is 29.4 Å². The number of hydrogen-bond donors (Lipinski definition) is 4. The molecule has 2 aromatic heterocycles. The lowest BCUT2D eigenvalue weighted by molar-refractivity contribution is -0.688. The van der Waals surface area contributed by atoms with E-state index >= 15 is 0 Å². The van der Waals surface area contributed by atoms with Crippen LogP contribution in [0, 0.1) is 0 Å². The number of thiazole rings is 1. The maximum absolute atomic E-state index is 13.0. The first-order chi connectivity index (χ1) is 17.3. The zero-order valence-electron chi connectivity index (χ0n) is 19.5. The van der Waals surface area contributed by atoms with Gasteiger partial charge in [0.05, 0.1) is 6.20 Å². The number of thioether (sulfide) groups is 1. The molecule has 4 heterocycles. The second kappa shape index (κ2) is 10.5. The van der Waals surface area contributed by atoms with Crippen molar-refractivity contribution in [1.29, 1.82) is 0 Å². The molecular weight excluding hydrogens is 508 g/mol. The van der Waals surface area contributed by atoms with Crippen molar-refractivity contribution in [3.05, 3.63) is 40.9 Å². The van der Waals surface area contributed by atoms with E-state index in [1.165, 1.54) is 22.0 Å². The smallest absolute Gasteiger partial charge is 0.352 e. The summed E-state index contributed by atoms with van der Waals surface area (Å²) in [4.78, 5) is 49.4. The number of carbonyl (C=O) groups is 3. The summed E-state index contributed by atoms with van der Waals surface area (Å²) in [6.45, 7) is 5.88. The van der Waals surface area contributed by atoms with Crippen molar-refractivity contribution < 1.29 is 29.3 Å². The number of fused-ring (bicyclic) bond motifs is 1. The highest BCUT2D eigenvalue weighted by Crippen LogP contribution is 2.40. The molecule has 190 valence electrons. The molecule has 2 amide bonds. The summed E-state index contributed by atoms with van der Waals surface area (Å²) in [6.07, 6.45) is 5.25. The van der Waals surface area contributed by atoms with Crippen LogP contribution in [0.4, 0.5) is 10.9 Å². The molecule has 4 rings (SSSR count). The van der Waals surface area contributed by atoms with Gasteiger partial charge in [0.1, 0.15) is 22.8 Å². The lowest BCUT2D eigenvalue weighted by Crippen LogP contribution is -2.71. The predicted octanol–water partition coefficient (Wildman–Crippen LogP) is -0.129. The minimum Gasteiger partial charge on any atom is -0.477 e. The SMILES string of the molecule is CCN(CC)c1c[n+](CC2=C(C(=O)O)N3C(=O)C(NC(=O)/C(=N\O)c4csc(N)n4)[C@H]3SC2)ccn1. The zero-order valence-corrected chi connectivity index (χ0v) is 21.1. The maximum atomic E-state index is 13.0. The van der Waals surface area contributed by atoms with Crippen LogP contribution in [0.3, 0.4) is 0 Å². The number of hydrogen-bond acceptors (Lipinski definition) is 11. The van der Waals surface area contributed by atoms with Crippen LogP contribution >= 0.6 is 23.1 Å². The van der Waals surface area contributed by atoms with E-state index in [-0.39, 0.29) is 28.8 Å². The third kappa shape index (κ3) is 4.70. The Bertz CT molecular complexity index is 1260. The lowest BCUT2D eigenvalue weighted by atomic mass is 10.0. The summed E-state index contributed by atoms with van der Waals surface area (Å²) in [5, 5.41) is 25.8. The van der Waals surface area contributed by atoms with Crippen molar-refractivity contribution in [3.63, 3.8) is 0 Å². The van der Waals surface area contributed by atoms with E-state index < -0.39 is 29.2 Å². The second-order valence-electron chi connectivity index (χ2n) is 7.90. The van der Waals surface area contributed by atoms with Gasteiger partial charge in [0, 0.05) is 29.8 Å². The fourth-order valence-electron chi connectivity index (χ4n) is 4.07. The van der Waals surface area contributed by atoms with Crippen molar-refractivity contribution in [2.75, 3.05) is 29.5 Å². The molecule has 1 saturated heterocycles. The first-order valence-corrected chi connectivity index (χ1v) is 13.0. The number of amides is 2. The number of carbonyl (C=O) groups excluding carboxylic acids is 2. The average molecular weight is 534 g/mol. The van der Waals surface area contributed by atoms with Gasteiger partial charge in [-0.1, -0.05) is 5.16 Å². The molecule has 1 unspecified atom stereocenters. The highest BCUT2D eigenvalue weighted by molar-refractivity contribution is 8.00. The Morgan fingerprint density at radius 2 is 2.14 bits per heavy atom. The second-order valence-corrected chi connectivity index (χ2v) is 9.89. The average Bonchev–Trinajstić information content (AvgIpc) is 3.29. The van der Waals surface area contributed by atoms with Crippen molar-refractivity contribution in [3.8, 4) is 0 Å². The summed E-state index contributed by atoms with van der Waals surface area (Å²) in [5.74, 6) is -1.48. The summed E-state index contributed by atoms with van der Waals surface area (Å²) in [7, 11) is 0. The number of aliphatic carboxylic acids is 1. The molecule has 2 aliphatic rings. The largest absolute Gasteiger partial charge is 0.477 e. The molecule has 0 bridgehead atoms. The summed E-state index contributed by atoms with van der Waals surface area (Å²) in [6, 6.07) is -0.978. The van der Waals surface area contributed by atoms with Crippen molar-refractivity contribution in [2.45, 2.75) is 31.8 Å². The number of aromatic nitrogens is 3. The molecule has 0 aliphatic carbocycles. The number of carboxylic acid groups (broad SMARTS) is 1. The third-order valence-corrected chi connectivity index (χ3v) is 7.84. The quantitative estimate of drug-likeness (QED) is 0.112. The van der Waals surface area contributed by atoms with E-state index in [1.54, 1.807) is 12.4 Å². The van der Waals surface area contributed by atoms with E-state index in [2.05, 4.69) is 25.3 Å². The molecule has 0 radical (unpaired) electrons. The Hall–Kier alpha value is -3.72. The van der Waals surface area contributed by atoms with Gasteiger partial charge in [-0.3, -0.25) is 14.5 Å². The zero-order chi connectivity index (χ0) is 26.0. The molecule has 2 aliphatic heterocycles. The Kier molecular flexibility index (Phi) is 7.40. The van der Waals surface area contributed by atoms with Crippen molar-refractivity contribution in [2.24, 2.45) is 5.16 Å². The summed E-state index contributed by atoms with van der Waals surface area (Å²) < 4.78 is 1.84. The van der Waals surface area contributed by atoms with Gasteiger partial charge in [0.2, 0.25) is 6.20 Å². The number of nitrogens with zero attached hydrogens (tertiary/aromatic N) is 6. The Balaban J connectivity index is 1.52. The molecule has 13 nitrogen and oxygen atoms in total. The molecule has 0 spiro atoms. The number of oxime groups is 1. The topological polar surface area (TPSA) is 178 Å². The third-order valence-electron chi connectivity index (χ3n) is 5.82. The van der Waals surface area contributed by atoms with Crippen LogP contribution < -0.4 is 20.5 Å². The minimum atomic E-state index is -1.22. The van der Waals surface area contributed by atoms with Crippen LogP contribution in [-0.2, 0) is 20.9 Å². The van der Waals surface area contributed by atoms with E-state index in [1.807, 2.05) is 24.6 Å². The lowest BCUT2D eigenvalue weighted by Gasteiger charge is -2.49. The first-order valence-electron chi connectivity index (χ1n) is 11.0. The highest BCUT2D eigenvalue weighted by atomic mass is 32.2. The van der Waals surface area contributed by atoms with E-state index in [0.717, 1.165) is 30.2 Å². The van der Waals surface area contributed by atoms with Gasteiger partial charge in [-0.15, -0.1) is 23.1 Å². The van der Waals surface area contributed by atoms with E-state index in [9.17, 15) is 24.7 Å². The highest BCUT2D eigenvalue weighted by Gasteiger charge is 2.54. The number of nitrogens with one attached hydrogen (secondary N) is 1. The molecular formula is C21H25N8O5S2+. The normalized spacial score (nSPS) is 19.6. The Morgan fingerprint density at radius 1 is 1.39 bits per heavy atom. The summed E-state index contributed by atoms with van der Waals surface area (Å²) >= 11 is 2.42. The number of anilines is 2. The standard InChI is InChI=1S/C21H24N8O5S2/c1-3-28(4-2)13-8-27(6-5-23-13)7-11-9-35-19-15(18(31)29(19)16(11)20(32)33)25-17(30)14(26-34)12-10-36-21(22)24-12/h5-6,8,10,15,19H,3-4,7,9H2,1-2H3,(H4-,22,24,25,30,32,33,34)/p+1/t15?,19-/m1/s1. The van der Waals surface area contributed by atoms with Gasteiger partial charge in [-0.2, -0.15) is 4.57 Å². The molecule has 2 aromatic rings. The van der Waals surface area contributed by atoms with Gasteiger partial charge in [-0.05, 0) is 13.8 Å². The van der Waals surface area contributed by atoms with Gasteiger partial charge in [0.25, 0.3) is 11.8 Å². The number of rotatable bonds is 9. The molecule has 0 aromatic carbocycles. The van der Waals surface area contributed by atoms with Crippen LogP contribution in [-0.4, -0.2) is 78.9 Å². The first kappa shape index (κ1) is 25.4. The predicted molar refractivity (Wildman–Crippen MR) is 133 cm³/mol. The van der Waals surface area contributed by atoms with Crippen LogP contribution in [0.2, 0.25) is 0 Å². The number of carboxylic acids is 1. The van der Waals surface area contributed by atoms with E-state index in [4.69, 9.17) is 5.73 Å². The van der Waals surface area contributed by atoms with Crippen LogP contribution in [0.15, 0.2) is 40.4 Å².